The van der Waals surface area contributed by atoms with Crippen molar-refractivity contribution in [3.63, 3.8) is 0 Å². The molecule has 0 amide bonds. The molecule has 3 aromatic rings. The maximum absolute atomic E-state index is 13.4. The Morgan fingerprint density at radius 2 is 1.85 bits per heavy atom. The third-order valence-electron chi connectivity index (χ3n) is 6.12. The predicted molar refractivity (Wildman–Crippen MR) is 151 cm³/mol. The lowest BCUT2D eigenvalue weighted by atomic mass is 10.1. The zero-order valence-electron chi connectivity index (χ0n) is 20.6. The van der Waals surface area contributed by atoms with Crippen LogP contribution in [0, 0.1) is 11.3 Å². The molecule has 5 rings (SSSR count). The van der Waals surface area contributed by atoms with Gasteiger partial charge in [0.2, 0.25) is 5.95 Å². The number of halogens is 4. The molecule has 0 spiro atoms. The number of allylic oxidation sites excluding steroid dienone is 1. The van der Waals surface area contributed by atoms with Crippen LogP contribution in [0.15, 0.2) is 77.7 Å². The van der Waals surface area contributed by atoms with Crippen LogP contribution in [0.1, 0.15) is 17.0 Å². The van der Waals surface area contributed by atoms with Crippen molar-refractivity contribution >= 4 is 46.0 Å². The Morgan fingerprint density at radius 1 is 1.10 bits per heavy atom. The minimum atomic E-state index is -4.47. The highest BCUT2D eigenvalue weighted by molar-refractivity contribution is 8.93. The van der Waals surface area contributed by atoms with E-state index in [1.54, 1.807) is 22.5 Å². The minimum absolute atomic E-state index is 0. The summed E-state index contributed by atoms with van der Waals surface area (Å²) < 4.78 is 47.5. The number of hydrogen-bond acceptors (Lipinski definition) is 7. The van der Waals surface area contributed by atoms with E-state index in [1.807, 2.05) is 34.9 Å². The van der Waals surface area contributed by atoms with Gasteiger partial charge < -0.3 is 14.5 Å². The van der Waals surface area contributed by atoms with E-state index < -0.39 is 11.7 Å². The molecule has 0 bridgehead atoms. The number of morpholine rings is 1. The Kier molecular flexibility index (Phi) is 8.84. The van der Waals surface area contributed by atoms with Crippen molar-refractivity contribution in [3.05, 3.63) is 94.6 Å². The van der Waals surface area contributed by atoms with E-state index in [-0.39, 0.29) is 29.1 Å². The number of para-hydroxylation sites is 1. The highest BCUT2D eigenvalue weighted by atomic mass is 79.9. The molecule has 12 heteroatoms. The summed E-state index contributed by atoms with van der Waals surface area (Å²) in [5, 5.41) is 21.5. The number of anilines is 1. The SMILES string of the molecule is Br.C=CCN1C(c2cccc(C(F)(F)F)c2)=CS/C1=C(/C#N)c1nnc(N2CCOCC2)n1-c1ccccc1. The molecule has 2 aliphatic heterocycles. The monoisotopic (exact) mass is 616 g/mol. The first-order valence-corrected chi connectivity index (χ1v) is 12.7. The number of benzene rings is 2. The number of rotatable bonds is 6. The number of alkyl halides is 3. The van der Waals surface area contributed by atoms with Gasteiger partial charge in [0, 0.05) is 25.0 Å². The molecule has 7 nitrogen and oxygen atoms in total. The maximum Gasteiger partial charge on any atom is 0.416 e. The molecule has 2 aromatic carbocycles. The van der Waals surface area contributed by atoms with Crippen molar-refractivity contribution in [2.75, 3.05) is 37.7 Å². The van der Waals surface area contributed by atoms with Crippen LogP contribution < -0.4 is 4.90 Å². The second-order valence-electron chi connectivity index (χ2n) is 8.48. The fraction of sp³-hybridized carbons (Fsp3) is 0.222. The molecule has 0 atom stereocenters. The van der Waals surface area contributed by atoms with Crippen LogP contribution in [0.2, 0.25) is 0 Å². The lowest BCUT2D eigenvalue weighted by Gasteiger charge is -2.28. The first kappa shape index (κ1) is 28.5. The topological polar surface area (TPSA) is 70.2 Å². The van der Waals surface area contributed by atoms with Gasteiger partial charge in [-0.15, -0.1) is 33.8 Å². The van der Waals surface area contributed by atoms with Gasteiger partial charge in [-0.1, -0.05) is 48.2 Å². The second-order valence-corrected chi connectivity index (χ2v) is 9.34. The molecule has 0 aliphatic carbocycles. The van der Waals surface area contributed by atoms with Crippen LogP contribution >= 0.6 is 28.7 Å². The molecule has 0 saturated carbocycles. The molecule has 0 N–H and O–H groups in total. The standard InChI is InChI=1S/C27H23F3N6OS.BrH/c1-2-11-35-23(19-7-6-8-20(16-19)27(28,29)30)18-38-25(35)22(17-31)24-32-33-26(34-12-14-37-15-13-34)36(24)21-9-4-3-5-10-21;/h2-10,16,18H,1,11-15H2;1H/b25-22-;. The van der Waals surface area contributed by atoms with Crippen molar-refractivity contribution in [1.29, 1.82) is 5.26 Å². The fourth-order valence-corrected chi connectivity index (χ4v) is 5.39. The summed E-state index contributed by atoms with van der Waals surface area (Å²) in [4.78, 5) is 3.84. The third-order valence-corrected chi connectivity index (χ3v) is 7.11. The molecule has 3 heterocycles. The summed E-state index contributed by atoms with van der Waals surface area (Å²) in [6.07, 6.45) is -2.83. The zero-order chi connectivity index (χ0) is 26.7. The molecule has 1 saturated heterocycles. The van der Waals surface area contributed by atoms with Gasteiger partial charge >= 0.3 is 6.18 Å². The molecule has 2 aliphatic rings. The van der Waals surface area contributed by atoms with Crippen LogP contribution in [0.4, 0.5) is 19.1 Å². The van der Waals surface area contributed by atoms with Crippen LogP contribution in [-0.4, -0.2) is 52.5 Å². The van der Waals surface area contributed by atoms with Crippen molar-refractivity contribution in [2.24, 2.45) is 0 Å². The summed E-state index contributed by atoms with van der Waals surface area (Å²) in [7, 11) is 0. The quantitative estimate of drug-likeness (QED) is 0.244. The smallest absolute Gasteiger partial charge is 0.378 e. The first-order valence-electron chi connectivity index (χ1n) is 11.8. The van der Waals surface area contributed by atoms with E-state index in [2.05, 4.69) is 27.7 Å². The first-order chi connectivity index (χ1) is 18.4. The number of ether oxygens (including phenoxy) is 1. The molecule has 0 unspecified atom stereocenters. The van der Waals surface area contributed by atoms with Gasteiger partial charge in [0.25, 0.3) is 0 Å². The summed E-state index contributed by atoms with van der Waals surface area (Å²) >= 11 is 1.26. The Balaban J connectivity index is 0.00000353. The largest absolute Gasteiger partial charge is 0.416 e. The normalized spacial score (nSPS) is 16.8. The number of hydrogen-bond donors (Lipinski definition) is 0. The van der Waals surface area contributed by atoms with Gasteiger partial charge in [0.1, 0.15) is 16.7 Å². The predicted octanol–water partition coefficient (Wildman–Crippen LogP) is 6.13. The van der Waals surface area contributed by atoms with Crippen LogP contribution in [0.25, 0.3) is 17.0 Å². The summed E-state index contributed by atoms with van der Waals surface area (Å²) in [6.45, 7) is 6.46. The average molecular weight is 617 g/mol. The lowest BCUT2D eigenvalue weighted by molar-refractivity contribution is -0.137. The number of thioether (sulfide) groups is 1. The Labute approximate surface area is 238 Å². The molecular weight excluding hydrogens is 593 g/mol. The van der Waals surface area contributed by atoms with E-state index >= 15 is 0 Å². The Hall–Kier alpha value is -3.53. The van der Waals surface area contributed by atoms with Crippen molar-refractivity contribution < 1.29 is 17.9 Å². The summed E-state index contributed by atoms with van der Waals surface area (Å²) in [5.74, 6) is 0.933. The van der Waals surface area contributed by atoms with Crippen molar-refractivity contribution in [3.8, 4) is 11.8 Å². The highest BCUT2D eigenvalue weighted by Gasteiger charge is 2.33. The Morgan fingerprint density at radius 3 is 2.51 bits per heavy atom. The molecule has 0 radical (unpaired) electrons. The zero-order valence-corrected chi connectivity index (χ0v) is 23.2. The average Bonchev–Trinajstić information content (AvgIpc) is 3.55. The van der Waals surface area contributed by atoms with Crippen LogP contribution in [-0.2, 0) is 10.9 Å². The summed E-state index contributed by atoms with van der Waals surface area (Å²) in [6, 6.07) is 16.9. The van der Waals surface area contributed by atoms with Crippen molar-refractivity contribution in [2.45, 2.75) is 6.18 Å². The van der Waals surface area contributed by atoms with Gasteiger partial charge in [-0.3, -0.25) is 4.57 Å². The molecular formula is C27H24BrF3N6OS. The van der Waals surface area contributed by atoms with Gasteiger partial charge in [-0.2, -0.15) is 18.4 Å². The number of nitrogens with zero attached hydrogens (tertiary/aromatic N) is 6. The lowest BCUT2D eigenvalue weighted by Crippen LogP contribution is -2.38. The molecule has 1 aromatic heterocycles. The second kappa shape index (κ2) is 12.1. The van der Waals surface area contributed by atoms with E-state index in [9.17, 15) is 18.4 Å². The van der Waals surface area contributed by atoms with Gasteiger partial charge in [0.05, 0.1) is 30.2 Å². The van der Waals surface area contributed by atoms with Gasteiger partial charge in [-0.05, 0) is 29.8 Å². The number of nitriles is 1. The highest BCUT2D eigenvalue weighted by Crippen LogP contribution is 2.44. The molecule has 1 fully saturated rings. The molecule has 202 valence electrons. The van der Waals surface area contributed by atoms with E-state index in [0.29, 0.717) is 54.4 Å². The van der Waals surface area contributed by atoms with E-state index in [4.69, 9.17) is 4.74 Å². The van der Waals surface area contributed by atoms with E-state index in [0.717, 1.165) is 17.8 Å². The third kappa shape index (κ3) is 5.75. The maximum atomic E-state index is 13.4. The fourth-order valence-electron chi connectivity index (χ4n) is 4.35. The molecule has 39 heavy (non-hydrogen) atoms. The Bertz CT molecular complexity index is 1440. The van der Waals surface area contributed by atoms with Crippen LogP contribution in [0.5, 0.6) is 0 Å². The van der Waals surface area contributed by atoms with Crippen molar-refractivity contribution in [1.82, 2.24) is 19.7 Å². The number of aromatic nitrogens is 3. The van der Waals surface area contributed by atoms with E-state index in [1.165, 1.54) is 17.8 Å². The minimum Gasteiger partial charge on any atom is -0.378 e. The van der Waals surface area contributed by atoms with Gasteiger partial charge in [0.15, 0.2) is 5.82 Å². The summed E-state index contributed by atoms with van der Waals surface area (Å²) in [5.41, 5.74) is 1.23. The van der Waals surface area contributed by atoms with Crippen LogP contribution in [0.3, 0.4) is 0 Å². The van der Waals surface area contributed by atoms with Gasteiger partial charge in [-0.25, -0.2) is 0 Å².